The minimum atomic E-state index is -3.32. The third-order valence-corrected chi connectivity index (χ3v) is 10.3. The molecule has 0 fully saturated rings. The Morgan fingerprint density at radius 2 is 1.41 bits per heavy atom. The van der Waals surface area contributed by atoms with Crippen molar-refractivity contribution in [2.24, 2.45) is 5.92 Å². The monoisotopic (exact) mass is 326 g/mol. The number of rotatable bonds is 8. The molecule has 0 bridgehead atoms. The molecule has 0 saturated carbocycles. The Labute approximate surface area is 135 Å². The van der Waals surface area contributed by atoms with Crippen molar-refractivity contribution in [3.8, 4) is 0 Å². The zero-order valence-electron chi connectivity index (χ0n) is 15.0. The molecule has 0 aliphatic heterocycles. The first-order valence-electron chi connectivity index (χ1n) is 7.62. The van der Waals surface area contributed by atoms with Gasteiger partial charge in [-0.05, 0) is 12.3 Å². The van der Waals surface area contributed by atoms with E-state index in [-0.39, 0.29) is 5.92 Å². The van der Waals surface area contributed by atoms with Gasteiger partial charge >= 0.3 is 20.5 Å². The summed E-state index contributed by atoms with van der Waals surface area (Å²) in [4.78, 5) is 24.0. The lowest BCUT2D eigenvalue weighted by Crippen LogP contribution is -2.62. The summed E-state index contributed by atoms with van der Waals surface area (Å²) in [6, 6.07) is 0. The zero-order chi connectivity index (χ0) is 17.8. The molecule has 0 N–H and O–H groups in total. The largest absolute Gasteiger partial charge is 0.481 e. The van der Waals surface area contributed by atoms with E-state index in [1.165, 1.54) is 0 Å². The van der Waals surface area contributed by atoms with Crippen molar-refractivity contribution < 1.29 is 18.4 Å². The van der Waals surface area contributed by atoms with Gasteiger partial charge in [-0.3, -0.25) is 0 Å². The van der Waals surface area contributed by atoms with Gasteiger partial charge in [-0.25, -0.2) is 9.59 Å². The first-order valence-corrected chi connectivity index (χ1v) is 9.44. The first-order chi connectivity index (χ1) is 9.91. The van der Waals surface area contributed by atoms with Crippen LogP contribution in [0.3, 0.4) is 0 Å². The van der Waals surface area contributed by atoms with Crippen LogP contribution >= 0.6 is 0 Å². The lowest BCUT2D eigenvalue weighted by Gasteiger charge is -2.50. The number of hydrogen-bond donors (Lipinski definition) is 0. The number of carbonyl (C=O) groups is 2. The van der Waals surface area contributed by atoms with E-state index in [4.69, 9.17) is 8.85 Å². The molecular weight excluding hydrogens is 296 g/mol. The summed E-state index contributed by atoms with van der Waals surface area (Å²) in [5, 5.41) is -0.942. The molecule has 0 radical (unpaired) electrons. The molecule has 5 heteroatoms. The molecule has 0 unspecified atom stereocenters. The summed E-state index contributed by atoms with van der Waals surface area (Å²) in [6.07, 6.45) is 2.95. The van der Waals surface area contributed by atoms with E-state index in [9.17, 15) is 9.59 Å². The maximum atomic E-state index is 12.0. The Balaban J connectivity index is 6.37. The standard InChI is InChI=1S/C17H30O4Si/c1-10-14(18)20-22(16(6,7)12-3,21-15(19)11-2)17(8,9)13(4)5/h10-11,13H,1-2,12H2,3-9H3. The second-order valence-corrected chi connectivity index (χ2v) is 11.3. The van der Waals surface area contributed by atoms with Crippen LogP contribution in [0, 0.1) is 5.92 Å². The van der Waals surface area contributed by atoms with E-state index in [0.29, 0.717) is 6.42 Å². The molecule has 0 saturated heterocycles. The quantitative estimate of drug-likeness (QED) is 0.486. The molecule has 0 heterocycles. The van der Waals surface area contributed by atoms with Gasteiger partial charge in [0.05, 0.1) is 0 Å². The normalized spacial score (nSPS) is 12.7. The zero-order valence-corrected chi connectivity index (χ0v) is 16.0. The molecule has 0 aromatic heterocycles. The Morgan fingerprint density at radius 1 is 1.05 bits per heavy atom. The topological polar surface area (TPSA) is 52.6 Å². The molecule has 0 atom stereocenters. The van der Waals surface area contributed by atoms with E-state index in [1.54, 1.807) is 0 Å². The second-order valence-electron chi connectivity index (χ2n) is 6.98. The molecule has 0 aromatic rings. The lowest BCUT2D eigenvalue weighted by atomic mass is 9.99. The van der Waals surface area contributed by atoms with Crippen molar-refractivity contribution in [2.75, 3.05) is 0 Å². The maximum Gasteiger partial charge on any atom is 0.476 e. The minimum Gasteiger partial charge on any atom is -0.481 e. The fraction of sp³-hybridized carbons (Fsp3) is 0.647. The molecule has 0 rings (SSSR count). The summed E-state index contributed by atoms with van der Waals surface area (Å²) in [5.41, 5.74) is 0. The lowest BCUT2D eigenvalue weighted by molar-refractivity contribution is -0.137. The van der Waals surface area contributed by atoms with Crippen LogP contribution in [-0.2, 0) is 18.4 Å². The SMILES string of the molecule is C=CC(=O)O[Si](OC(=O)C=C)(C(C)(C)CC)C(C)(C)C(C)C. The van der Waals surface area contributed by atoms with Gasteiger partial charge in [-0.15, -0.1) is 0 Å². The van der Waals surface area contributed by atoms with Crippen LogP contribution < -0.4 is 0 Å². The van der Waals surface area contributed by atoms with Gasteiger partial charge < -0.3 is 8.85 Å². The molecule has 0 aromatic carbocycles. The number of hydrogen-bond acceptors (Lipinski definition) is 4. The fourth-order valence-corrected chi connectivity index (χ4v) is 7.24. The molecule has 0 amide bonds. The Morgan fingerprint density at radius 3 is 1.64 bits per heavy atom. The van der Waals surface area contributed by atoms with Crippen molar-refractivity contribution in [2.45, 2.75) is 65.0 Å². The Kier molecular flexibility index (Phi) is 6.82. The molecule has 4 nitrogen and oxygen atoms in total. The van der Waals surface area contributed by atoms with Crippen molar-refractivity contribution in [3.05, 3.63) is 25.3 Å². The van der Waals surface area contributed by atoms with E-state index < -0.39 is 30.6 Å². The predicted molar refractivity (Wildman–Crippen MR) is 91.5 cm³/mol. The summed E-state index contributed by atoms with van der Waals surface area (Å²) in [5.74, 6) is -0.960. The number of carbonyl (C=O) groups excluding carboxylic acids is 2. The van der Waals surface area contributed by atoms with Gasteiger partial charge in [0.15, 0.2) is 0 Å². The third-order valence-electron chi connectivity index (χ3n) is 4.89. The van der Waals surface area contributed by atoms with Crippen LogP contribution in [0.1, 0.15) is 54.9 Å². The molecular formula is C17H30O4Si. The highest BCUT2D eigenvalue weighted by atomic mass is 28.4. The second kappa shape index (κ2) is 7.27. The smallest absolute Gasteiger partial charge is 0.476 e. The average Bonchev–Trinajstić information content (AvgIpc) is 2.45. The highest BCUT2D eigenvalue weighted by molar-refractivity contribution is 6.76. The summed E-state index contributed by atoms with van der Waals surface area (Å²) in [6.45, 7) is 21.0. The van der Waals surface area contributed by atoms with Gasteiger partial charge in [0.2, 0.25) is 0 Å². The molecule has 0 aliphatic rings. The van der Waals surface area contributed by atoms with E-state index >= 15 is 0 Å². The fourth-order valence-electron chi connectivity index (χ4n) is 2.41. The van der Waals surface area contributed by atoms with Gasteiger partial charge in [0.1, 0.15) is 0 Å². The van der Waals surface area contributed by atoms with Crippen molar-refractivity contribution in [1.82, 2.24) is 0 Å². The predicted octanol–water partition coefficient (Wildman–Crippen LogP) is 4.51. The summed E-state index contributed by atoms with van der Waals surface area (Å²) >= 11 is 0. The minimum absolute atomic E-state index is 0.153. The van der Waals surface area contributed by atoms with Crippen LogP contribution in [0.25, 0.3) is 0 Å². The van der Waals surface area contributed by atoms with Crippen LogP contribution in [0.5, 0.6) is 0 Å². The van der Waals surface area contributed by atoms with Crippen LogP contribution in [0.4, 0.5) is 0 Å². The van der Waals surface area contributed by atoms with E-state index in [0.717, 1.165) is 12.2 Å². The first kappa shape index (κ1) is 20.6. The molecule has 22 heavy (non-hydrogen) atoms. The molecule has 0 spiro atoms. The Bertz CT molecular complexity index is 428. The molecule has 0 aliphatic carbocycles. The highest BCUT2D eigenvalue weighted by Gasteiger charge is 2.67. The van der Waals surface area contributed by atoms with Gasteiger partial charge in [-0.2, -0.15) is 0 Å². The Hall–Kier alpha value is -1.36. The van der Waals surface area contributed by atoms with E-state index in [1.807, 2.05) is 48.5 Å². The maximum absolute atomic E-state index is 12.0. The highest BCUT2D eigenvalue weighted by Crippen LogP contribution is 2.57. The van der Waals surface area contributed by atoms with Crippen LogP contribution in [0.15, 0.2) is 25.3 Å². The van der Waals surface area contributed by atoms with E-state index in [2.05, 4.69) is 13.2 Å². The van der Waals surface area contributed by atoms with Crippen molar-refractivity contribution in [3.63, 3.8) is 0 Å². The third kappa shape index (κ3) is 3.69. The molecule has 126 valence electrons. The average molecular weight is 327 g/mol. The van der Waals surface area contributed by atoms with Gasteiger partial charge in [0.25, 0.3) is 0 Å². The van der Waals surface area contributed by atoms with Gasteiger partial charge in [0, 0.05) is 22.2 Å². The summed E-state index contributed by atoms with van der Waals surface area (Å²) < 4.78 is 11.7. The van der Waals surface area contributed by atoms with Crippen molar-refractivity contribution in [1.29, 1.82) is 0 Å². The van der Waals surface area contributed by atoms with Crippen LogP contribution in [0.2, 0.25) is 10.1 Å². The van der Waals surface area contributed by atoms with Crippen LogP contribution in [-0.4, -0.2) is 20.5 Å². The summed E-state index contributed by atoms with van der Waals surface area (Å²) in [7, 11) is -3.32. The van der Waals surface area contributed by atoms with Crippen molar-refractivity contribution >= 4 is 20.5 Å². The van der Waals surface area contributed by atoms with Gasteiger partial charge in [-0.1, -0.05) is 61.6 Å².